The van der Waals surface area contributed by atoms with Crippen LogP contribution in [-0.4, -0.2) is 29.3 Å². The van der Waals surface area contributed by atoms with Crippen LogP contribution in [0, 0.1) is 5.92 Å². The third kappa shape index (κ3) is 1.88. The van der Waals surface area contributed by atoms with Crippen molar-refractivity contribution in [2.45, 2.75) is 36.8 Å². The van der Waals surface area contributed by atoms with Gasteiger partial charge in [0.05, 0.1) is 5.54 Å². The van der Waals surface area contributed by atoms with Gasteiger partial charge in [-0.3, -0.25) is 4.79 Å². The Morgan fingerprint density at radius 3 is 2.68 bits per heavy atom. The second-order valence-corrected chi connectivity index (χ2v) is 9.13. The molecule has 0 radical (unpaired) electrons. The van der Waals surface area contributed by atoms with Gasteiger partial charge in [0, 0.05) is 16.9 Å². The van der Waals surface area contributed by atoms with E-state index in [1.54, 1.807) is 0 Å². The highest BCUT2D eigenvalue weighted by Crippen LogP contribution is 2.63. The first kappa shape index (κ1) is 16.9. The maximum Gasteiger partial charge on any atom is 0.260 e. The monoisotopic (exact) mass is 441 g/mol. The van der Waals surface area contributed by atoms with Gasteiger partial charge in [-0.05, 0) is 60.2 Å². The third-order valence-corrected chi connectivity index (χ3v) is 7.67. The number of halogens is 1. The molecule has 6 heteroatoms. The largest absolute Gasteiger partial charge is 0.454 e. The summed E-state index contributed by atoms with van der Waals surface area (Å²) in [7, 11) is 0. The molecule has 6 rings (SSSR count). The van der Waals surface area contributed by atoms with E-state index in [0.717, 1.165) is 47.2 Å². The van der Waals surface area contributed by atoms with Gasteiger partial charge < -0.3 is 19.5 Å². The normalized spacial score (nSPS) is 32.3. The number of amides is 1. The Bertz CT molecular complexity index is 1010. The van der Waals surface area contributed by atoms with Gasteiger partial charge in [0.15, 0.2) is 17.1 Å². The molecule has 1 aliphatic carbocycles. The summed E-state index contributed by atoms with van der Waals surface area (Å²) in [5, 5.41) is 11.9. The van der Waals surface area contributed by atoms with Crippen molar-refractivity contribution in [1.29, 1.82) is 0 Å². The maximum atomic E-state index is 13.6. The van der Waals surface area contributed by atoms with Crippen molar-refractivity contribution in [3.05, 3.63) is 57.6 Å². The Kier molecular flexibility index (Phi) is 3.32. The van der Waals surface area contributed by atoms with Gasteiger partial charge in [-0.15, -0.1) is 0 Å². The zero-order valence-electron chi connectivity index (χ0n) is 15.3. The van der Waals surface area contributed by atoms with E-state index in [1.165, 1.54) is 5.56 Å². The Balaban J connectivity index is 1.57. The molecule has 4 aliphatic rings. The Labute approximate surface area is 171 Å². The lowest BCUT2D eigenvalue weighted by Crippen LogP contribution is -2.49. The summed E-state index contributed by atoms with van der Waals surface area (Å²) in [5.41, 5.74) is 1.07. The molecule has 3 heterocycles. The smallest absolute Gasteiger partial charge is 0.260 e. The van der Waals surface area contributed by atoms with Crippen LogP contribution in [0.4, 0.5) is 0 Å². The third-order valence-electron chi connectivity index (χ3n) is 7.14. The summed E-state index contributed by atoms with van der Waals surface area (Å²) >= 11 is 3.45. The number of fused-ring (bicyclic) bond motifs is 2. The molecule has 1 amide bonds. The molecular weight excluding hydrogens is 422 g/mol. The fourth-order valence-corrected chi connectivity index (χ4v) is 6.29. The van der Waals surface area contributed by atoms with E-state index in [4.69, 9.17) is 9.47 Å². The van der Waals surface area contributed by atoms with Crippen LogP contribution < -0.4 is 9.47 Å². The van der Waals surface area contributed by atoms with E-state index >= 15 is 0 Å². The topological polar surface area (TPSA) is 59.0 Å². The average molecular weight is 442 g/mol. The minimum absolute atomic E-state index is 0.164. The van der Waals surface area contributed by atoms with Crippen molar-refractivity contribution in [2.24, 2.45) is 5.92 Å². The first-order valence-electron chi connectivity index (χ1n) is 9.78. The number of rotatable bonds is 1. The predicted octanol–water partition coefficient (Wildman–Crippen LogP) is 3.46. The van der Waals surface area contributed by atoms with Crippen LogP contribution in [0.25, 0.3) is 0 Å². The zero-order valence-corrected chi connectivity index (χ0v) is 16.9. The molecule has 1 spiro atoms. The molecule has 0 bridgehead atoms. The molecule has 1 N–H and O–H groups in total. The van der Waals surface area contributed by atoms with E-state index in [2.05, 4.69) is 28.1 Å². The van der Waals surface area contributed by atoms with E-state index < -0.39 is 11.1 Å². The molecule has 2 fully saturated rings. The summed E-state index contributed by atoms with van der Waals surface area (Å²) in [6.45, 7) is 0.862. The van der Waals surface area contributed by atoms with Crippen LogP contribution in [-0.2, 0) is 22.4 Å². The predicted molar refractivity (Wildman–Crippen MR) is 105 cm³/mol. The number of hydrogen-bond acceptors (Lipinski definition) is 4. The van der Waals surface area contributed by atoms with Gasteiger partial charge in [-0.25, -0.2) is 0 Å². The number of ether oxygens (including phenoxy) is 2. The van der Waals surface area contributed by atoms with Crippen molar-refractivity contribution in [3.8, 4) is 11.5 Å². The van der Waals surface area contributed by atoms with Gasteiger partial charge in [-0.2, -0.15) is 0 Å². The molecule has 3 aliphatic heterocycles. The quantitative estimate of drug-likeness (QED) is 0.735. The van der Waals surface area contributed by atoms with Gasteiger partial charge in [-0.1, -0.05) is 34.5 Å². The number of carbonyl (C=O) groups excluding carboxylic acids is 1. The minimum atomic E-state index is -1.49. The van der Waals surface area contributed by atoms with Crippen LogP contribution in [0.5, 0.6) is 11.5 Å². The molecule has 5 nitrogen and oxygen atoms in total. The fourth-order valence-electron chi connectivity index (χ4n) is 6.03. The van der Waals surface area contributed by atoms with Crippen LogP contribution >= 0.6 is 15.9 Å². The molecule has 28 heavy (non-hydrogen) atoms. The van der Waals surface area contributed by atoms with Crippen LogP contribution in [0.3, 0.4) is 0 Å². The van der Waals surface area contributed by atoms with Crippen molar-refractivity contribution >= 4 is 21.8 Å². The van der Waals surface area contributed by atoms with Crippen molar-refractivity contribution < 1.29 is 19.4 Å². The Morgan fingerprint density at radius 1 is 1.14 bits per heavy atom. The summed E-state index contributed by atoms with van der Waals surface area (Å²) in [5.74, 6) is 1.19. The first-order chi connectivity index (χ1) is 13.5. The van der Waals surface area contributed by atoms with Gasteiger partial charge >= 0.3 is 0 Å². The molecule has 144 valence electrons. The lowest BCUT2D eigenvalue weighted by Gasteiger charge is -2.44. The highest BCUT2D eigenvalue weighted by Gasteiger charge is 2.69. The summed E-state index contributed by atoms with van der Waals surface area (Å²) < 4.78 is 12.1. The zero-order chi connectivity index (χ0) is 19.1. The van der Waals surface area contributed by atoms with E-state index in [-0.39, 0.29) is 18.6 Å². The SMILES string of the molecule is O=C1N2CCc3cc4c(cc3[C@]23CCC[C@@H]3[C@]1(O)c1ccc(Br)cc1)OCO4. The second kappa shape index (κ2) is 5.51. The van der Waals surface area contributed by atoms with Gasteiger partial charge in [0.1, 0.15) is 0 Å². The standard InChI is InChI=1S/C22H20BrNO4/c23-15-5-3-14(4-6-15)22(26)19-2-1-8-21(19)16-11-18-17(27-12-28-18)10-13(16)7-9-24(21)20(22)25/h3-6,10-11,19,26H,1-2,7-9,12H2/t19-,21-,22+/m0/s1. The lowest BCUT2D eigenvalue weighted by molar-refractivity contribution is -0.147. The van der Waals surface area contributed by atoms with Crippen molar-refractivity contribution in [3.63, 3.8) is 0 Å². The Hall–Kier alpha value is -2.05. The molecule has 0 aromatic heterocycles. The van der Waals surface area contributed by atoms with Crippen LogP contribution in [0.2, 0.25) is 0 Å². The average Bonchev–Trinajstić information content (AvgIpc) is 3.37. The van der Waals surface area contributed by atoms with E-state index in [0.29, 0.717) is 12.1 Å². The number of hydrogen-bond donors (Lipinski definition) is 1. The summed E-state index contributed by atoms with van der Waals surface area (Å²) in [6.07, 6.45) is 3.45. The van der Waals surface area contributed by atoms with Gasteiger partial charge in [0.25, 0.3) is 5.91 Å². The van der Waals surface area contributed by atoms with E-state index in [9.17, 15) is 9.90 Å². The molecular formula is C22H20BrNO4. The van der Waals surface area contributed by atoms with Gasteiger partial charge in [0.2, 0.25) is 6.79 Å². The molecule has 1 saturated heterocycles. The number of carbonyl (C=O) groups is 1. The molecule has 0 unspecified atom stereocenters. The molecule has 2 aromatic rings. The number of nitrogens with zero attached hydrogens (tertiary/aromatic N) is 1. The molecule has 2 aromatic carbocycles. The maximum absolute atomic E-state index is 13.6. The number of benzene rings is 2. The highest BCUT2D eigenvalue weighted by atomic mass is 79.9. The number of aliphatic hydroxyl groups is 1. The fraction of sp³-hybridized carbons (Fsp3) is 0.409. The van der Waals surface area contributed by atoms with Crippen molar-refractivity contribution in [2.75, 3.05) is 13.3 Å². The summed E-state index contributed by atoms with van der Waals surface area (Å²) in [6, 6.07) is 11.7. The lowest BCUT2D eigenvalue weighted by atomic mass is 9.70. The molecule has 3 atom stereocenters. The first-order valence-corrected chi connectivity index (χ1v) is 10.6. The van der Waals surface area contributed by atoms with Crippen LogP contribution in [0.1, 0.15) is 36.0 Å². The van der Waals surface area contributed by atoms with E-state index in [1.807, 2.05) is 29.2 Å². The summed E-state index contributed by atoms with van der Waals surface area (Å²) in [4.78, 5) is 15.6. The van der Waals surface area contributed by atoms with Crippen molar-refractivity contribution in [1.82, 2.24) is 4.90 Å². The van der Waals surface area contributed by atoms with Crippen LogP contribution in [0.15, 0.2) is 40.9 Å². The minimum Gasteiger partial charge on any atom is -0.454 e. The highest BCUT2D eigenvalue weighted by molar-refractivity contribution is 9.10. The second-order valence-electron chi connectivity index (χ2n) is 8.21. The molecule has 1 saturated carbocycles. The Morgan fingerprint density at radius 2 is 1.89 bits per heavy atom.